The van der Waals surface area contributed by atoms with Crippen LogP contribution in [-0.4, -0.2) is 24.8 Å². The van der Waals surface area contributed by atoms with E-state index in [1.807, 2.05) is 0 Å². The van der Waals surface area contributed by atoms with Crippen molar-refractivity contribution in [1.29, 1.82) is 5.26 Å². The lowest BCUT2D eigenvalue weighted by molar-refractivity contribution is -0.136. The fourth-order valence-corrected chi connectivity index (χ4v) is 2.58. The number of amides is 3. The maximum absolute atomic E-state index is 11.9. The van der Waals surface area contributed by atoms with Gasteiger partial charge in [-0.3, -0.25) is 14.4 Å². The summed E-state index contributed by atoms with van der Waals surface area (Å²) in [7, 11) is 1.40. The zero-order chi connectivity index (χ0) is 20.7. The van der Waals surface area contributed by atoms with Crippen LogP contribution in [0.3, 0.4) is 0 Å². The third kappa shape index (κ3) is 5.87. The first-order valence-corrected chi connectivity index (χ1v) is 8.56. The van der Waals surface area contributed by atoms with Crippen LogP contribution in [0.1, 0.15) is 11.5 Å². The summed E-state index contributed by atoms with van der Waals surface area (Å²) in [4.78, 5) is 35.3. The Morgan fingerprint density at radius 1 is 1.11 bits per heavy atom. The summed E-state index contributed by atoms with van der Waals surface area (Å²) in [6, 6.07) is 9.20. The number of hydrogen-bond donors (Lipinski definition) is 3. The topological polar surface area (TPSA) is 124 Å². The highest BCUT2D eigenvalue weighted by molar-refractivity contribution is 6.40. The van der Waals surface area contributed by atoms with E-state index in [1.54, 1.807) is 12.1 Å². The van der Waals surface area contributed by atoms with Crippen molar-refractivity contribution < 1.29 is 18.8 Å². The van der Waals surface area contributed by atoms with E-state index >= 15 is 0 Å². The van der Waals surface area contributed by atoms with Gasteiger partial charge in [-0.15, -0.1) is 0 Å². The van der Waals surface area contributed by atoms with E-state index in [1.165, 1.54) is 37.4 Å². The zero-order valence-electron chi connectivity index (χ0n) is 14.5. The molecule has 2 aromatic rings. The summed E-state index contributed by atoms with van der Waals surface area (Å²) in [6.45, 7) is -0.0712. The first kappa shape index (κ1) is 21.0. The molecule has 0 atom stereocenters. The highest BCUT2D eigenvalue weighted by atomic mass is 35.5. The number of likely N-dealkylation sites (N-methyl/N-ethyl adjacent to an activating group) is 1. The molecule has 3 N–H and O–H groups in total. The summed E-state index contributed by atoms with van der Waals surface area (Å²) in [5.74, 6) is -1.77. The number of nitrogens with one attached hydrogen (secondary N) is 3. The number of carbonyl (C=O) groups excluding carboxylic acids is 3. The molecule has 1 aromatic carbocycles. The predicted octanol–water partition coefficient (Wildman–Crippen LogP) is 2.49. The second-order valence-corrected chi connectivity index (χ2v) is 6.22. The fraction of sp³-hybridized carbons (Fsp3) is 0.111. The van der Waals surface area contributed by atoms with Gasteiger partial charge in [0.2, 0.25) is 0 Å². The van der Waals surface area contributed by atoms with Crippen LogP contribution < -0.4 is 16.0 Å². The first-order valence-electron chi connectivity index (χ1n) is 7.80. The minimum absolute atomic E-state index is 0.0712. The molecule has 0 aliphatic carbocycles. The van der Waals surface area contributed by atoms with Crippen molar-refractivity contribution >= 4 is 52.7 Å². The SMILES string of the molecule is CNC(=O)/C(C#N)=C\c1ccc(CNC(=O)C(=O)Nc2cc(Cl)cc(Cl)c2)o1. The van der Waals surface area contributed by atoms with Gasteiger partial charge >= 0.3 is 11.8 Å². The van der Waals surface area contributed by atoms with Crippen LogP contribution in [0, 0.1) is 11.3 Å². The lowest BCUT2D eigenvalue weighted by Gasteiger charge is -2.06. The molecule has 3 amide bonds. The highest BCUT2D eigenvalue weighted by Crippen LogP contribution is 2.22. The molecule has 0 bridgehead atoms. The molecule has 0 saturated carbocycles. The van der Waals surface area contributed by atoms with Crippen molar-refractivity contribution in [2.24, 2.45) is 0 Å². The number of furan rings is 1. The van der Waals surface area contributed by atoms with E-state index < -0.39 is 17.7 Å². The smallest absolute Gasteiger partial charge is 0.313 e. The molecular weight excluding hydrogens is 407 g/mol. The Morgan fingerprint density at radius 2 is 1.79 bits per heavy atom. The molecule has 2 rings (SSSR count). The summed E-state index contributed by atoms with van der Waals surface area (Å²) in [5.41, 5.74) is 0.147. The van der Waals surface area contributed by atoms with E-state index in [0.29, 0.717) is 15.8 Å². The monoisotopic (exact) mass is 420 g/mol. The van der Waals surface area contributed by atoms with E-state index in [-0.39, 0.29) is 23.6 Å². The Morgan fingerprint density at radius 3 is 2.39 bits per heavy atom. The molecular formula is C18H14Cl2N4O4. The van der Waals surface area contributed by atoms with Gasteiger partial charge in [-0.1, -0.05) is 23.2 Å². The number of nitrogens with zero attached hydrogens (tertiary/aromatic N) is 1. The third-order valence-corrected chi connectivity index (χ3v) is 3.75. The normalized spacial score (nSPS) is 10.7. The molecule has 0 saturated heterocycles. The zero-order valence-corrected chi connectivity index (χ0v) is 16.0. The fourth-order valence-electron chi connectivity index (χ4n) is 2.05. The van der Waals surface area contributed by atoms with Crippen LogP contribution in [0.25, 0.3) is 6.08 Å². The molecule has 0 aliphatic heterocycles. The minimum Gasteiger partial charge on any atom is -0.460 e. The van der Waals surface area contributed by atoms with Crippen molar-refractivity contribution in [3.8, 4) is 6.07 Å². The van der Waals surface area contributed by atoms with Gasteiger partial charge < -0.3 is 20.4 Å². The highest BCUT2D eigenvalue weighted by Gasteiger charge is 2.15. The van der Waals surface area contributed by atoms with Crippen LogP contribution in [0.15, 0.2) is 40.3 Å². The molecule has 144 valence electrons. The van der Waals surface area contributed by atoms with Gasteiger partial charge in [0.25, 0.3) is 5.91 Å². The largest absolute Gasteiger partial charge is 0.460 e. The molecule has 28 heavy (non-hydrogen) atoms. The molecule has 0 spiro atoms. The third-order valence-electron chi connectivity index (χ3n) is 3.31. The Labute approximate surface area is 170 Å². The van der Waals surface area contributed by atoms with E-state index in [0.717, 1.165) is 0 Å². The lowest BCUT2D eigenvalue weighted by atomic mass is 10.2. The Bertz CT molecular complexity index is 971. The molecule has 10 heteroatoms. The van der Waals surface area contributed by atoms with E-state index in [4.69, 9.17) is 32.9 Å². The van der Waals surface area contributed by atoms with Gasteiger partial charge in [0, 0.05) is 28.9 Å². The van der Waals surface area contributed by atoms with E-state index in [9.17, 15) is 14.4 Å². The second kappa shape index (κ2) is 9.60. The molecule has 1 aromatic heterocycles. The van der Waals surface area contributed by atoms with Gasteiger partial charge in [-0.05, 0) is 30.3 Å². The van der Waals surface area contributed by atoms with Crippen molar-refractivity contribution in [1.82, 2.24) is 10.6 Å². The predicted molar refractivity (Wildman–Crippen MR) is 103 cm³/mol. The van der Waals surface area contributed by atoms with E-state index in [2.05, 4.69) is 16.0 Å². The van der Waals surface area contributed by atoms with Crippen molar-refractivity contribution in [2.45, 2.75) is 6.54 Å². The Hall–Kier alpha value is -3.28. The summed E-state index contributed by atoms with van der Waals surface area (Å²) < 4.78 is 5.40. The van der Waals surface area contributed by atoms with Crippen LogP contribution >= 0.6 is 23.2 Å². The van der Waals surface area contributed by atoms with Crippen molar-refractivity contribution in [3.63, 3.8) is 0 Å². The summed E-state index contributed by atoms with van der Waals surface area (Å²) in [6.07, 6.45) is 1.26. The molecule has 0 aliphatic rings. The number of carbonyl (C=O) groups is 3. The van der Waals surface area contributed by atoms with Crippen LogP contribution in [0.4, 0.5) is 5.69 Å². The van der Waals surface area contributed by atoms with Gasteiger partial charge in [0.05, 0.1) is 6.54 Å². The Balaban J connectivity index is 1.95. The standard InChI is InChI=1S/C18H14Cl2N4O4/c1-22-16(25)10(8-21)4-14-2-3-15(28-14)9-23-17(26)18(27)24-13-6-11(19)5-12(20)7-13/h2-7H,9H2,1H3,(H,22,25)(H,23,26)(H,24,27)/b10-4-. The quantitative estimate of drug-likeness (QED) is 0.389. The minimum atomic E-state index is -0.906. The average molecular weight is 421 g/mol. The molecule has 0 radical (unpaired) electrons. The number of nitriles is 1. The van der Waals surface area contributed by atoms with Gasteiger partial charge in [0.1, 0.15) is 23.2 Å². The number of benzene rings is 1. The maximum atomic E-state index is 11.9. The number of halogens is 2. The molecule has 8 nitrogen and oxygen atoms in total. The van der Waals surface area contributed by atoms with Crippen LogP contribution in [-0.2, 0) is 20.9 Å². The average Bonchev–Trinajstić information content (AvgIpc) is 3.10. The molecule has 0 unspecified atom stereocenters. The first-order chi connectivity index (χ1) is 13.3. The second-order valence-electron chi connectivity index (χ2n) is 5.35. The van der Waals surface area contributed by atoms with Crippen LogP contribution in [0.5, 0.6) is 0 Å². The molecule has 1 heterocycles. The lowest BCUT2D eigenvalue weighted by Crippen LogP contribution is -2.34. The van der Waals surface area contributed by atoms with Gasteiger partial charge in [0.15, 0.2) is 0 Å². The van der Waals surface area contributed by atoms with Crippen molar-refractivity contribution in [2.75, 3.05) is 12.4 Å². The Kier molecular flexibility index (Phi) is 7.21. The summed E-state index contributed by atoms with van der Waals surface area (Å²) in [5, 5.41) is 16.7. The van der Waals surface area contributed by atoms with Gasteiger partial charge in [-0.25, -0.2) is 0 Å². The summed E-state index contributed by atoms with van der Waals surface area (Å²) >= 11 is 11.7. The number of anilines is 1. The van der Waals surface area contributed by atoms with Crippen molar-refractivity contribution in [3.05, 3.63) is 57.5 Å². The number of hydrogen-bond acceptors (Lipinski definition) is 5. The number of rotatable bonds is 5. The molecule has 0 fully saturated rings. The maximum Gasteiger partial charge on any atom is 0.313 e. The van der Waals surface area contributed by atoms with Crippen LogP contribution in [0.2, 0.25) is 10.0 Å². The van der Waals surface area contributed by atoms with Gasteiger partial charge in [-0.2, -0.15) is 5.26 Å².